The van der Waals surface area contributed by atoms with Gasteiger partial charge < -0.3 is 34.3 Å². The zero-order valence-corrected chi connectivity index (χ0v) is 41.7. The number of piperazine rings is 1. The normalized spacial score (nSPS) is 21.6. The van der Waals surface area contributed by atoms with Crippen molar-refractivity contribution < 1.29 is 24.2 Å². The van der Waals surface area contributed by atoms with E-state index in [9.17, 15) is 24.8 Å². The van der Waals surface area contributed by atoms with Gasteiger partial charge in [0.1, 0.15) is 18.4 Å². The highest BCUT2D eigenvalue weighted by Gasteiger charge is 2.45. The van der Waals surface area contributed by atoms with Gasteiger partial charge in [-0.2, -0.15) is 5.26 Å². The summed E-state index contributed by atoms with van der Waals surface area (Å²) in [5.74, 6) is 1.36. The van der Waals surface area contributed by atoms with E-state index in [0.717, 1.165) is 130 Å². The average Bonchev–Trinajstić information content (AvgIpc) is 3.76. The standard InChI is InChI=1S/C55H64ClN9O6/c1-3-55(69)44-30-47-51-39(33-65(47)53(67)43(44)34-70-54(55)68)29-42-38(10-8-11-45(42)59-51)32-63-27-25-62(26-28-63)22-7-5-4-6-9-36-20-23-64(24-21-36)49-19-17-46(60-61-49)52(66)58-40-13-15-41(16-14-40)71-48-18-12-37(31-57)50(56)35(48)2/h8,10-12,17-19,29-30,36,40-41,69H,3-7,9,13-16,20-28,32-34H2,1-2H3,(H,58,66)/t40?,41?,55-/m0/s1. The number of aliphatic hydroxyl groups is 1. The lowest BCUT2D eigenvalue weighted by atomic mass is 9.86. The molecule has 1 atom stereocenters. The van der Waals surface area contributed by atoms with Gasteiger partial charge in [-0.1, -0.05) is 56.3 Å². The molecule has 5 aliphatic rings. The van der Waals surface area contributed by atoms with Crippen LogP contribution >= 0.6 is 11.6 Å². The molecule has 0 spiro atoms. The highest BCUT2D eigenvalue weighted by molar-refractivity contribution is 6.32. The lowest BCUT2D eigenvalue weighted by molar-refractivity contribution is -0.172. The molecule has 1 amide bonds. The smallest absolute Gasteiger partial charge is 0.343 e. The van der Waals surface area contributed by atoms with E-state index < -0.39 is 11.6 Å². The Morgan fingerprint density at radius 1 is 0.944 bits per heavy atom. The fraction of sp³-hybridized carbons (Fsp3) is 0.509. The lowest BCUT2D eigenvalue weighted by Gasteiger charge is -2.35. The van der Waals surface area contributed by atoms with Crippen molar-refractivity contribution in [2.45, 2.75) is 128 Å². The Morgan fingerprint density at radius 3 is 2.46 bits per heavy atom. The van der Waals surface area contributed by atoms with Gasteiger partial charge in [-0.15, -0.1) is 10.2 Å². The number of amides is 1. The first kappa shape index (κ1) is 48.7. The molecule has 2 saturated heterocycles. The summed E-state index contributed by atoms with van der Waals surface area (Å²) in [4.78, 5) is 51.8. The van der Waals surface area contributed by atoms with E-state index >= 15 is 0 Å². The van der Waals surface area contributed by atoms with Gasteiger partial charge in [0.2, 0.25) is 0 Å². The first-order chi connectivity index (χ1) is 34.5. The van der Waals surface area contributed by atoms with Crippen LogP contribution in [-0.4, -0.2) is 104 Å². The number of nitriles is 1. The SMILES string of the molecule is CC[C@@]1(O)C(=O)OCc2c1cc1n(c2=O)Cc2cc3c(CN4CCN(CCCCCCC5CCN(c6ccc(C(=O)NC7CCC(Oc8ccc(C#N)c(Cl)c8C)CC7)nn6)CC5)CC4)cccc3nc2-1. The largest absolute Gasteiger partial charge is 0.490 e. The van der Waals surface area contributed by atoms with Gasteiger partial charge in [0.25, 0.3) is 11.5 Å². The summed E-state index contributed by atoms with van der Waals surface area (Å²) in [5, 5.41) is 33.9. The number of ether oxygens (including phenoxy) is 2. The highest BCUT2D eigenvalue weighted by atomic mass is 35.5. The second-order valence-electron chi connectivity index (χ2n) is 20.3. The second kappa shape index (κ2) is 21.0. The van der Waals surface area contributed by atoms with Gasteiger partial charge in [-0.05, 0) is 119 Å². The molecule has 10 rings (SSSR count). The minimum Gasteiger partial charge on any atom is -0.490 e. The fourth-order valence-electron chi connectivity index (χ4n) is 11.4. The Morgan fingerprint density at radius 2 is 1.72 bits per heavy atom. The minimum absolute atomic E-state index is 0.0311. The maximum atomic E-state index is 13.7. The van der Waals surface area contributed by atoms with Crippen LogP contribution in [0.1, 0.15) is 128 Å². The van der Waals surface area contributed by atoms with Crippen molar-refractivity contribution in [3.63, 3.8) is 0 Å². The molecule has 3 aromatic heterocycles. The van der Waals surface area contributed by atoms with Crippen LogP contribution in [0.15, 0.2) is 59.4 Å². The van der Waals surface area contributed by atoms with Crippen LogP contribution in [0.4, 0.5) is 5.82 Å². The number of cyclic esters (lactones) is 1. The van der Waals surface area contributed by atoms with Crippen LogP contribution in [0, 0.1) is 24.2 Å². The molecule has 1 aliphatic carbocycles. The number of hydrogen-bond acceptors (Lipinski definition) is 13. The summed E-state index contributed by atoms with van der Waals surface area (Å²) in [6, 6.07) is 19.6. The summed E-state index contributed by atoms with van der Waals surface area (Å²) < 4.78 is 13.2. The number of carbonyl (C=O) groups is 2. The van der Waals surface area contributed by atoms with E-state index in [4.69, 9.17) is 26.1 Å². The van der Waals surface area contributed by atoms with Gasteiger partial charge >= 0.3 is 5.97 Å². The summed E-state index contributed by atoms with van der Waals surface area (Å²) >= 11 is 6.34. The lowest BCUT2D eigenvalue weighted by Crippen LogP contribution is -2.46. The van der Waals surface area contributed by atoms with Crippen LogP contribution < -0.4 is 20.5 Å². The third-order valence-electron chi connectivity index (χ3n) is 15.9. The molecule has 1 saturated carbocycles. The van der Waals surface area contributed by atoms with Crippen LogP contribution in [0.3, 0.4) is 0 Å². The molecule has 2 aromatic carbocycles. The molecule has 3 fully saturated rings. The zero-order valence-electron chi connectivity index (χ0n) is 40.9. The minimum atomic E-state index is -1.84. The molecule has 0 bridgehead atoms. The molecule has 0 unspecified atom stereocenters. The first-order valence-corrected chi connectivity index (χ1v) is 26.2. The van der Waals surface area contributed by atoms with Crippen molar-refractivity contribution >= 4 is 40.2 Å². The number of anilines is 1. The summed E-state index contributed by atoms with van der Waals surface area (Å²) in [5.41, 5.74) is 4.57. The van der Waals surface area contributed by atoms with Gasteiger partial charge in [-0.25, -0.2) is 9.78 Å². The Kier molecular flexibility index (Phi) is 14.4. The Labute approximate surface area is 420 Å². The molecule has 2 N–H and O–H groups in total. The zero-order chi connectivity index (χ0) is 49.2. The third-order valence-corrected chi connectivity index (χ3v) is 16.4. The highest BCUT2D eigenvalue weighted by Crippen LogP contribution is 2.39. The number of rotatable bonds is 15. The number of halogens is 1. The van der Waals surface area contributed by atoms with E-state index in [1.807, 2.05) is 25.1 Å². The number of pyridine rings is 2. The Hall–Kier alpha value is -5.92. The van der Waals surface area contributed by atoms with E-state index in [1.54, 1.807) is 29.7 Å². The van der Waals surface area contributed by atoms with E-state index in [1.165, 1.54) is 37.7 Å². The maximum Gasteiger partial charge on any atom is 0.343 e. The quantitative estimate of drug-likeness (QED) is 0.0753. The summed E-state index contributed by atoms with van der Waals surface area (Å²) in [6.07, 6.45) is 12.0. The first-order valence-electron chi connectivity index (χ1n) is 25.8. The predicted molar refractivity (Wildman–Crippen MR) is 271 cm³/mol. The average molecular weight is 983 g/mol. The van der Waals surface area contributed by atoms with Gasteiger partial charge in [0.15, 0.2) is 17.1 Å². The van der Waals surface area contributed by atoms with Crippen molar-refractivity contribution in [2.24, 2.45) is 5.92 Å². The molecule has 5 aromatic rings. The summed E-state index contributed by atoms with van der Waals surface area (Å²) in [7, 11) is 0. The number of nitrogens with zero attached hydrogens (tertiary/aromatic N) is 8. The fourth-order valence-corrected chi connectivity index (χ4v) is 11.6. The van der Waals surface area contributed by atoms with Gasteiger partial charge in [-0.3, -0.25) is 14.5 Å². The molecule has 0 radical (unpaired) electrons. The molecule has 372 valence electrons. The molecule has 71 heavy (non-hydrogen) atoms. The van der Waals surface area contributed by atoms with Crippen LogP contribution in [-0.2, 0) is 34.8 Å². The number of hydrogen-bond donors (Lipinski definition) is 2. The van der Waals surface area contributed by atoms with Crippen molar-refractivity contribution in [3.8, 4) is 23.2 Å². The number of carbonyl (C=O) groups excluding carboxylic acids is 2. The van der Waals surface area contributed by atoms with E-state index in [-0.39, 0.29) is 36.6 Å². The van der Waals surface area contributed by atoms with Crippen molar-refractivity contribution in [2.75, 3.05) is 50.7 Å². The number of benzene rings is 2. The number of unbranched alkanes of at least 4 members (excludes halogenated alkanes) is 3. The van der Waals surface area contributed by atoms with Crippen molar-refractivity contribution in [1.29, 1.82) is 5.26 Å². The van der Waals surface area contributed by atoms with Crippen molar-refractivity contribution in [3.05, 3.63) is 109 Å². The molecule has 15 nitrogen and oxygen atoms in total. The van der Waals surface area contributed by atoms with Gasteiger partial charge in [0, 0.05) is 73.9 Å². The van der Waals surface area contributed by atoms with Crippen LogP contribution in [0.2, 0.25) is 5.02 Å². The Balaban J connectivity index is 0.606. The number of esters is 1. The predicted octanol–water partition coefficient (Wildman–Crippen LogP) is 7.81. The van der Waals surface area contributed by atoms with E-state index in [0.29, 0.717) is 45.4 Å². The number of piperidine rings is 1. The van der Waals surface area contributed by atoms with Crippen LogP contribution in [0.5, 0.6) is 5.75 Å². The summed E-state index contributed by atoms with van der Waals surface area (Å²) in [6.45, 7) is 11.9. The molecular weight excluding hydrogens is 918 g/mol. The number of aromatic nitrogens is 4. The molecule has 4 aliphatic heterocycles. The third kappa shape index (κ3) is 10.1. The number of nitrogens with one attached hydrogen (secondary N) is 1. The molecule has 16 heteroatoms. The molecule has 7 heterocycles. The van der Waals surface area contributed by atoms with Gasteiger partial charge in [0.05, 0.1) is 45.7 Å². The van der Waals surface area contributed by atoms with Crippen molar-refractivity contribution in [1.82, 2.24) is 34.9 Å². The Bertz CT molecular complexity index is 2900. The topological polar surface area (TPSA) is 179 Å². The van der Waals surface area contributed by atoms with E-state index in [2.05, 4.69) is 54.5 Å². The number of fused-ring (bicyclic) bond motifs is 5. The monoisotopic (exact) mass is 981 g/mol. The second-order valence-corrected chi connectivity index (χ2v) is 20.7. The molecular formula is C55H64ClN9O6. The van der Waals surface area contributed by atoms with Crippen LogP contribution in [0.25, 0.3) is 22.3 Å². The maximum absolute atomic E-state index is 13.7.